The number of thioether (sulfide) groups is 1. The number of halogens is 1. The average molecular weight is 506 g/mol. The maximum atomic E-state index is 13.1. The van der Waals surface area contributed by atoms with Crippen LogP contribution in [0.25, 0.3) is 6.08 Å². The van der Waals surface area contributed by atoms with Crippen LogP contribution in [0.5, 0.6) is 0 Å². The van der Waals surface area contributed by atoms with Crippen LogP contribution >= 0.6 is 39.9 Å². The second kappa shape index (κ2) is 8.84. The Morgan fingerprint density at radius 2 is 1.97 bits per heavy atom. The van der Waals surface area contributed by atoms with Gasteiger partial charge in [0.2, 0.25) is 0 Å². The molecule has 7 nitrogen and oxygen atoms in total. The molecule has 2 aliphatic heterocycles. The quantitative estimate of drug-likeness (QED) is 0.260. The molecule has 0 radical (unpaired) electrons. The molecule has 0 saturated carbocycles. The monoisotopic (exact) mass is 505 g/mol. The van der Waals surface area contributed by atoms with Crippen molar-refractivity contribution in [2.45, 2.75) is 0 Å². The lowest BCUT2D eigenvalue weighted by Gasteiger charge is -2.30. The highest BCUT2D eigenvalue weighted by atomic mass is 79.9. The summed E-state index contributed by atoms with van der Waals surface area (Å²) in [5.74, 6) is -0.248. The van der Waals surface area contributed by atoms with E-state index in [9.17, 15) is 14.9 Å². The Kier molecular flexibility index (Phi) is 6.19. The number of hydrogen-bond acceptors (Lipinski definition) is 7. The zero-order valence-electron chi connectivity index (χ0n) is 15.6. The summed E-state index contributed by atoms with van der Waals surface area (Å²) in [4.78, 5) is 28.0. The van der Waals surface area contributed by atoms with Crippen molar-refractivity contribution in [3.05, 3.63) is 67.5 Å². The largest absolute Gasteiger partial charge is 0.378 e. The first kappa shape index (κ1) is 21.0. The summed E-state index contributed by atoms with van der Waals surface area (Å²) in [6.45, 7) is 2.53. The van der Waals surface area contributed by atoms with Crippen molar-refractivity contribution in [2.24, 2.45) is 0 Å². The van der Waals surface area contributed by atoms with E-state index < -0.39 is 4.92 Å². The second-order valence-electron chi connectivity index (χ2n) is 6.60. The number of benzene rings is 2. The van der Waals surface area contributed by atoms with Gasteiger partial charge < -0.3 is 9.64 Å². The standard InChI is InChI=1S/C20H16BrN3O4S2/c21-14-2-1-3-15(12-14)23-19(25)18(30-20(23)29)11-13-10-16(24(26)27)4-5-17(13)22-6-8-28-9-7-22/h1-5,10-12H,6-9H2/b18-11-. The Balaban J connectivity index is 1.73. The lowest BCUT2D eigenvalue weighted by molar-refractivity contribution is -0.384. The van der Waals surface area contributed by atoms with E-state index in [2.05, 4.69) is 20.8 Å². The van der Waals surface area contributed by atoms with Crippen molar-refractivity contribution in [2.75, 3.05) is 36.1 Å². The molecule has 0 bridgehead atoms. The fourth-order valence-corrected chi connectivity index (χ4v) is 4.99. The summed E-state index contributed by atoms with van der Waals surface area (Å²) in [5, 5.41) is 11.3. The molecule has 1 amide bonds. The number of nitrogens with zero attached hydrogens (tertiary/aromatic N) is 3. The molecular formula is C20H16BrN3O4S2. The summed E-state index contributed by atoms with van der Waals surface area (Å²) < 4.78 is 6.67. The van der Waals surface area contributed by atoms with Crippen LogP contribution in [0.15, 0.2) is 51.8 Å². The van der Waals surface area contributed by atoms with E-state index in [4.69, 9.17) is 17.0 Å². The molecule has 0 unspecified atom stereocenters. The minimum Gasteiger partial charge on any atom is -0.378 e. The van der Waals surface area contributed by atoms with E-state index in [0.717, 1.165) is 10.2 Å². The lowest BCUT2D eigenvalue weighted by atomic mass is 10.1. The number of morpholine rings is 1. The molecule has 2 saturated heterocycles. The third kappa shape index (κ3) is 4.27. The predicted molar refractivity (Wildman–Crippen MR) is 126 cm³/mol. The summed E-state index contributed by atoms with van der Waals surface area (Å²) in [5.41, 5.74) is 2.08. The molecule has 154 valence electrons. The van der Waals surface area contributed by atoms with Gasteiger partial charge >= 0.3 is 0 Å². The number of non-ortho nitro benzene ring substituents is 1. The van der Waals surface area contributed by atoms with Gasteiger partial charge in [0.05, 0.1) is 28.7 Å². The number of hydrogen-bond donors (Lipinski definition) is 0. The average Bonchev–Trinajstić information content (AvgIpc) is 3.01. The van der Waals surface area contributed by atoms with E-state index in [0.29, 0.717) is 46.8 Å². The van der Waals surface area contributed by atoms with Crippen molar-refractivity contribution < 1.29 is 14.5 Å². The summed E-state index contributed by atoms with van der Waals surface area (Å²) >= 11 is 10.0. The van der Waals surface area contributed by atoms with Gasteiger partial charge in [-0.2, -0.15) is 0 Å². The van der Waals surface area contributed by atoms with Gasteiger partial charge in [0.15, 0.2) is 4.32 Å². The van der Waals surface area contributed by atoms with Crippen LogP contribution in [-0.4, -0.2) is 41.5 Å². The van der Waals surface area contributed by atoms with E-state index in [1.807, 2.05) is 24.3 Å². The number of carbonyl (C=O) groups is 1. The SMILES string of the molecule is O=C1/C(=C/c2cc([N+](=O)[O-])ccc2N2CCOCC2)SC(=S)N1c1cccc(Br)c1. The van der Waals surface area contributed by atoms with Crippen LogP contribution in [0.3, 0.4) is 0 Å². The highest BCUT2D eigenvalue weighted by Gasteiger charge is 2.34. The van der Waals surface area contributed by atoms with Crippen molar-refractivity contribution >= 4 is 73.3 Å². The molecule has 2 aromatic rings. The van der Waals surface area contributed by atoms with Gasteiger partial charge in [-0.3, -0.25) is 19.8 Å². The molecule has 2 aliphatic rings. The molecule has 0 aliphatic carbocycles. The van der Waals surface area contributed by atoms with Gasteiger partial charge in [-0.05, 0) is 30.3 Å². The smallest absolute Gasteiger partial charge is 0.270 e. The maximum absolute atomic E-state index is 13.1. The summed E-state index contributed by atoms with van der Waals surface area (Å²) in [6, 6.07) is 12.0. The highest BCUT2D eigenvalue weighted by Crippen LogP contribution is 2.38. The molecule has 0 N–H and O–H groups in total. The Labute approximate surface area is 191 Å². The van der Waals surface area contributed by atoms with Crippen molar-refractivity contribution in [3.63, 3.8) is 0 Å². The van der Waals surface area contributed by atoms with Crippen molar-refractivity contribution in [1.29, 1.82) is 0 Å². The molecular weight excluding hydrogens is 490 g/mol. The number of anilines is 2. The van der Waals surface area contributed by atoms with E-state index >= 15 is 0 Å². The van der Waals surface area contributed by atoms with E-state index in [1.54, 1.807) is 12.1 Å². The number of nitro benzene ring substituents is 1. The molecule has 2 heterocycles. The van der Waals surface area contributed by atoms with Crippen LogP contribution in [0.2, 0.25) is 0 Å². The first-order chi connectivity index (χ1) is 14.4. The van der Waals surface area contributed by atoms with Crippen LogP contribution in [0.1, 0.15) is 5.56 Å². The van der Waals surface area contributed by atoms with Crippen molar-refractivity contribution in [3.8, 4) is 0 Å². The molecule has 0 atom stereocenters. The zero-order valence-corrected chi connectivity index (χ0v) is 18.8. The molecule has 4 rings (SSSR count). The van der Waals surface area contributed by atoms with Gasteiger partial charge in [-0.25, -0.2) is 0 Å². The third-order valence-corrected chi connectivity index (χ3v) is 6.52. The Morgan fingerprint density at radius 3 is 2.67 bits per heavy atom. The number of ether oxygens (including phenoxy) is 1. The Hall–Kier alpha value is -2.27. The van der Waals surface area contributed by atoms with Crippen molar-refractivity contribution in [1.82, 2.24) is 0 Å². The topological polar surface area (TPSA) is 75.9 Å². The minimum absolute atomic E-state index is 0.0271. The van der Waals surface area contributed by atoms with E-state index in [1.165, 1.54) is 28.8 Å². The number of amides is 1. The van der Waals surface area contributed by atoms with Gasteiger partial charge in [-0.1, -0.05) is 46.0 Å². The lowest BCUT2D eigenvalue weighted by Crippen LogP contribution is -2.36. The number of nitro groups is 1. The first-order valence-electron chi connectivity index (χ1n) is 9.09. The molecule has 0 spiro atoms. The van der Waals surface area contributed by atoms with Crippen LogP contribution in [0.4, 0.5) is 17.1 Å². The third-order valence-electron chi connectivity index (χ3n) is 4.72. The first-order valence-corrected chi connectivity index (χ1v) is 11.1. The molecule has 2 aromatic carbocycles. The number of carbonyl (C=O) groups excluding carboxylic acids is 1. The maximum Gasteiger partial charge on any atom is 0.270 e. The number of thiocarbonyl (C=S) groups is 1. The molecule has 30 heavy (non-hydrogen) atoms. The summed E-state index contributed by atoms with van der Waals surface area (Å²) in [6.07, 6.45) is 1.69. The number of rotatable bonds is 4. The molecule has 0 aromatic heterocycles. The second-order valence-corrected chi connectivity index (χ2v) is 9.19. The van der Waals surface area contributed by atoms with E-state index in [-0.39, 0.29) is 11.6 Å². The fourth-order valence-electron chi connectivity index (χ4n) is 3.31. The summed E-state index contributed by atoms with van der Waals surface area (Å²) in [7, 11) is 0. The van der Waals surface area contributed by atoms with Gasteiger partial charge in [-0.15, -0.1) is 0 Å². The Bertz CT molecular complexity index is 1070. The van der Waals surface area contributed by atoms with Gasteiger partial charge in [0.1, 0.15) is 0 Å². The fraction of sp³-hybridized carbons (Fsp3) is 0.200. The normalized spacial score (nSPS) is 18.4. The zero-order chi connectivity index (χ0) is 21.3. The van der Waals surface area contributed by atoms with Gasteiger partial charge in [0, 0.05) is 40.9 Å². The van der Waals surface area contributed by atoms with Crippen LogP contribution in [0, 0.1) is 10.1 Å². The van der Waals surface area contributed by atoms with Gasteiger partial charge in [0.25, 0.3) is 11.6 Å². The van der Waals surface area contributed by atoms with Crippen LogP contribution in [-0.2, 0) is 9.53 Å². The van der Waals surface area contributed by atoms with Crippen LogP contribution < -0.4 is 9.80 Å². The Morgan fingerprint density at radius 1 is 1.20 bits per heavy atom. The molecule has 10 heteroatoms. The minimum atomic E-state index is -0.437. The molecule has 2 fully saturated rings. The highest BCUT2D eigenvalue weighted by molar-refractivity contribution is 9.10. The predicted octanol–water partition coefficient (Wildman–Crippen LogP) is 4.60.